The lowest BCUT2D eigenvalue weighted by atomic mass is 9.97. The molecule has 130 valence electrons. The topological polar surface area (TPSA) is 55.4 Å². The summed E-state index contributed by atoms with van der Waals surface area (Å²) >= 11 is 0. The highest BCUT2D eigenvalue weighted by atomic mass is 19.1. The first-order chi connectivity index (χ1) is 11.5. The number of nitrogens with one attached hydrogen (secondary N) is 1. The molecular formula is C19H24FNO3. The van der Waals surface area contributed by atoms with Crippen molar-refractivity contribution in [2.24, 2.45) is 0 Å². The predicted octanol–water partition coefficient (Wildman–Crippen LogP) is 3.31. The molecule has 24 heavy (non-hydrogen) atoms. The fourth-order valence-corrected chi connectivity index (χ4v) is 2.68. The molecule has 0 saturated carbocycles. The number of hydrogen-bond donors (Lipinski definition) is 1. The smallest absolute Gasteiger partial charge is 0.311 e. The SMILES string of the molecule is C[C@H](OC(=O)Cc1ccc(F)cc1)C(=O)NCCC1=CCCCC1. The van der Waals surface area contributed by atoms with Gasteiger partial charge in [-0.25, -0.2) is 4.39 Å². The van der Waals surface area contributed by atoms with Gasteiger partial charge in [-0.3, -0.25) is 9.59 Å². The molecule has 0 spiro atoms. The molecule has 1 amide bonds. The molecule has 1 aromatic carbocycles. The third-order valence-corrected chi connectivity index (χ3v) is 4.07. The van der Waals surface area contributed by atoms with E-state index in [0.717, 1.165) is 19.3 Å². The summed E-state index contributed by atoms with van der Waals surface area (Å²) in [7, 11) is 0. The van der Waals surface area contributed by atoms with E-state index in [2.05, 4.69) is 11.4 Å². The van der Waals surface area contributed by atoms with Crippen molar-refractivity contribution in [2.75, 3.05) is 6.54 Å². The van der Waals surface area contributed by atoms with Crippen LogP contribution in [-0.4, -0.2) is 24.5 Å². The Hall–Kier alpha value is -2.17. The molecule has 4 nitrogen and oxygen atoms in total. The van der Waals surface area contributed by atoms with Crippen molar-refractivity contribution in [2.45, 2.75) is 51.6 Å². The van der Waals surface area contributed by atoms with Gasteiger partial charge in [0.25, 0.3) is 5.91 Å². The van der Waals surface area contributed by atoms with Crippen LogP contribution in [0, 0.1) is 5.82 Å². The van der Waals surface area contributed by atoms with Gasteiger partial charge < -0.3 is 10.1 Å². The number of amides is 1. The molecule has 1 aliphatic rings. The van der Waals surface area contributed by atoms with Crippen LogP contribution < -0.4 is 5.32 Å². The second kappa shape index (κ2) is 9.21. The van der Waals surface area contributed by atoms with Crippen LogP contribution in [0.4, 0.5) is 4.39 Å². The molecule has 0 aromatic heterocycles. The molecule has 2 rings (SSSR count). The van der Waals surface area contributed by atoms with Crippen LogP contribution in [0.2, 0.25) is 0 Å². The summed E-state index contributed by atoms with van der Waals surface area (Å²) in [5.74, 6) is -1.15. The molecular weight excluding hydrogens is 309 g/mol. The molecule has 1 aliphatic carbocycles. The van der Waals surface area contributed by atoms with Crippen molar-refractivity contribution in [3.63, 3.8) is 0 Å². The van der Waals surface area contributed by atoms with Gasteiger partial charge in [0.2, 0.25) is 0 Å². The maximum Gasteiger partial charge on any atom is 0.311 e. The van der Waals surface area contributed by atoms with E-state index in [1.54, 1.807) is 6.92 Å². The van der Waals surface area contributed by atoms with Crippen molar-refractivity contribution in [1.29, 1.82) is 0 Å². The van der Waals surface area contributed by atoms with Gasteiger partial charge in [-0.05, 0) is 56.7 Å². The van der Waals surface area contributed by atoms with Crippen molar-refractivity contribution in [1.82, 2.24) is 5.32 Å². The van der Waals surface area contributed by atoms with E-state index in [1.807, 2.05) is 0 Å². The van der Waals surface area contributed by atoms with Crippen LogP contribution >= 0.6 is 0 Å². The monoisotopic (exact) mass is 333 g/mol. The first kappa shape index (κ1) is 18.2. The normalized spacial score (nSPS) is 15.3. The van der Waals surface area contributed by atoms with Gasteiger partial charge in [0.1, 0.15) is 5.82 Å². The Kier molecular flexibility index (Phi) is 6.97. The molecule has 0 saturated heterocycles. The Bertz CT molecular complexity index is 595. The summed E-state index contributed by atoms with van der Waals surface area (Å²) in [5.41, 5.74) is 2.04. The van der Waals surface area contributed by atoms with Gasteiger partial charge in [-0.1, -0.05) is 23.8 Å². The average Bonchev–Trinajstić information content (AvgIpc) is 2.57. The zero-order valence-corrected chi connectivity index (χ0v) is 14.0. The number of carbonyl (C=O) groups is 2. The average molecular weight is 333 g/mol. The summed E-state index contributed by atoms with van der Waals surface area (Å²) in [4.78, 5) is 23.8. The van der Waals surface area contributed by atoms with Crippen molar-refractivity contribution >= 4 is 11.9 Å². The molecule has 0 aliphatic heterocycles. The number of halogens is 1. The molecule has 5 heteroatoms. The second-order valence-electron chi connectivity index (χ2n) is 6.08. The lowest BCUT2D eigenvalue weighted by molar-refractivity contribution is -0.154. The minimum absolute atomic E-state index is 0.0186. The quantitative estimate of drug-likeness (QED) is 0.615. The Morgan fingerprint density at radius 2 is 2.00 bits per heavy atom. The van der Waals surface area contributed by atoms with Crippen LogP contribution in [0.15, 0.2) is 35.9 Å². The molecule has 1 aromatic rings. The van der Waals surface area contributed by atoms with Crippen molar-refractivity contribution in [3.8, 4) is 0 Å². The minimum Gasteiger partial charge on any atom is -0.452 e. The van der Waals surface area contributed by atoms with E-state index < -0.39 is 12.1 Å². The number of rotatable bonds is 7. The summed E-state index contributed by atoms with van der Waals surface area (Å²) in [6.45, 7) is 2.11. The number of carbonyl (C=O) groups excluding carboxylic acids is 2. The first-order valence-corrected chi connectivity index (χ1v) is 8.44. The van der Waals surface area contributed by atoms with Crippen LogP contribution in [0.1, 0.15) is 44.6 Å². The van der Waals surface area contributed by atoms with Gasteiger partial charge >= 0.3 is 5.97 Å². The lowest BCUT2D eigenvalue weighted by Crippen LogP contribution is -2.36. The van der Waals surface area contributed by atoms with E-state index in [1.165, 1.54) is 42.7 Å². The highest BCUT2D eigenvalue weighted by molar-refractivity contribution is 5.83. The van der Waals surface area contributed by atoms with Gasteiger partial charge in [0.05, 0.1) is 6.42 Å². The summed E-state index contributed by atoms with van der Waals surface area (Å²) < 4.78 is 17.9. The first-order valence-electron chi connectivity index (χ1n) is 8.44. The largest absolute Gasteiger partial charge is 0.452 e. The summed E-state index contributed by atoms with van der Waals surface area (Å²) in [6.07, 6.45) is 6.99. The van der Waals surface area contributed by atoms with E-state index in [-0.39, 0.29) is 18.1 Å². The minimum atomic E-state index is -0.835. The lowest BCUT2D eigenvalue weighted by Gasteiger charge is -2.15. The number of benzene rings is 1. The van der Waals surface area contributed by atoms with Gasteiger partial charge in [0, 0.05) is 6.54 Å². The maximum atomic E-state index is 12.8. The number of allylic oxidation sites excluding steroid dienone is 1. The molecule has 0 unspecified atom stereocenters. The maximum absolute atomic E-state index is 12.8. The van der Waals surface area contributed by atoms with Gasteiger partial charge in [0.15, 0.2) is 6.10 Å². The number of esters is 1. The Balaban J connectivity index is 1.69. The predicted molar refractivity (Wildman–Crippen MR) is 89.8 cm³/mol. The van der Waals surface area contributed by atoms with Crippen molar-refractivity contribution < 1.29 is 18.7 Å². The van der Waals surface area contributed by atoms with E-state index >= 15 is 0 Å². The summed E-state index contributed by atoms with van der Waals surface area (Å²) in [5, 5.41) is 2.80. The zero-order valence-electron chi connectivity index (χ0n) is 14.0. The van der Waals surface area contributed by atoms with E-state index in [0.29, 0.717) is 12.1 Å². The summed E-state index contributed by atoms with van der Waals surface area (Å²) in [6, 6.07) is 5.63. The molecule has 0 bridgehead atoms. The molecule has 1 N–H and O–H groups in total. The third kappa shape index (κ3) is 6.14. The number of ether oxygens (including phenoxy) is 1. The Morgan fingerprint density at radius 1 is 1.25 bits per heavy atom. The van der Waals surface area contributed by atoms with Crippen LogP contribution in [0.3, 0.4) is 0 Å². The van der Waals surface area contributed by atoms with Crippen LogP contribution in [-0.2, 0) is 20.7 Å². The molecule has 0 radical (unpaired) electrons. The molecule has 0 heterocycles. The zero-order chi connectivity index (χ0) is 17.4. The standard InChI is InChI=1S/C19H24FNO3/c1-14(19(23)21-12-11-15-5-3-2-4-6-15)24-18(22)13-16-7-9-17(20)10-8-16/h5,7-10,14H,2-4,6,11-13H2,1H3,(H,21,23)/t14-/m0/s1. The highest BCUT2D eigenvalue weighted by Crippen LogP contribution is 2.19. The van der Waals surface area contributed by atoms with Gasteiger partial charge in [-0.15, -0.1) is 0 Å². The van der Waals surface area contributed by atoms with Crippen molar-refractivity contribution in [3.05, 3.63) is 47.3 Å². The second-order valence-corrected chi connectivity index (χ2v) is 6.08. The Labute approximate surface area is 142 Å². The van der Waals surface area contributed by atoms with E-state index in [9.17, 15) is 14.0 Å². The Morgan fingerprint density at radius 3 is 2.67 bits per heavy atom. The fraction of sp³-hybridized carbons (Fsp3) is 0.474. The van der Waals surface area contributed by atoms with Crippen LogP contribution in [0.25, 0.3) is 0 Å². The van der Waals surface area contributed by atoms with Gasteiger partial charge in [-0.2, -0.15) is 0 Å². The fourth-order valence-electron chi connectivity index (χ4n) is 2.68. The number of hydrogen-bond acceptors (Lipinski definition) is 3. The molecule has 0 fully saturated rings. The molecule has 1 atom stereocenters. The highest BCUT2D eigenvalue weighted by Gasteiger charge is 2.17. The van der Waals surface area contributed by atoms with Crippen LogP contribution in [0.5, 0.6) is 0 Å². The third-order valence-electron chi connectivity index (χ3n) is 4.07. The van der Waals surface area contributed by atoms with E-state index in [4.69, 9.17) is 4.74 Å².